The third kappa shape index (κ3) is 6.04. The minimum atomic E-state index is 0.0659. The first-order valence-corrected chi connectivity index (χ1v) is 7.91. The molecule has 1 unspecified atom stereocenters. The van der Waals surface area contributed by atoms with E-state index in [2.05, 4.69) is 15.5 Å². The highest BCUT2D eigenvalue weighted by Gasteiger charge is 2.16. The first kappa shape index (κ1) is 16.3. The van der Waals surface area contributed by atoms with Crippen molar-refractivity contribution >= 4 is 17.5 Å². The average Bonchev–Trinajstić information content (AvgIpc) is 2.47. The topological polar surface area (TPSA) is 44.4 Å². The van der Waals surface area contributed by atoms with E-state index < -0.39 is 0 Å². The zero-order chi connectivity index (χ0) is 15.1. The van der Waals surface area contributed by atoms with Gasteiger partial charge in [-0.1, -0.05) is 23.7 Å². The van der Waals surface area contributed by atoms with Crippen LogP contribution in [0.15, 0.2) is 24.3 Å². The van der Waals surface area contributed by atoms with Crippen LogP contribution in [0.2, 0.25) is 5.02 Å². The number of hydrogen-bond acceptors (Lipinski definition) is 3. The highest BCUT2D eigenvalue weighted by atomic mass is 35.5. The van der Waals surface area contributed by atoms with Crippen molar-refractivity contribution in [2.45, 2.75) is 19.4 Å². The molecule has 0 aliphatic carbocycles. The van der Waals surface area contributed by atoms with Gasteiger partial charge in [-0.3, -0.25) is 9.69 Å². The number of amides is 1. The molecule has 1 aromatic rings. The van der Waals surface area contributed by atoms with E-state index in [0.717, 1.165) is 25.2 Å². The smallest absolute Gasteiger partial charge is 0.234 e. The van der Waals surface area contributed by atoms with Gasteiger partial charge in [-0.25, -0.2) is 0 Å². The predicted molar refractivity (Wildman–Crippen MR) is 86.4 cm³/mol. The Balaban J connectivity index is 1.67. The summed E-state index contributed by atoms with van der Waals surface area (Å²) in [6, 6.07) is 7.54. The van der Waals surface area contributed by atoms with Crippen molar-refractivity contribution in [3.05, 3.63) is 34.9 Å². The number of nitrogens with one attached hydrogen (secondary N) is 2. The fourth-order valence-electron chi connectivity index (χ4n) is 2.69. The van der Waals surface area contributed by atoms with Crippen LogP contribution in [0.4, 0.5) is 0 Å². The van der Waals surface area contributed by atoms with E-state index in [1.165, 1.54) is 12.8 Å². The minimum Gasteiger partial charge on any atom is -0.351 e. The third-order valence-electron chi connectivity index (χ3n) is 3.79. The van der Waals surface area contributed by atoms with Gasteiger partial charge in [-0.2, -0.15) is 0 Å². The van der Waals surface area contributed by atoms with Gasteiger partial charge >= 0.3 is 0 Å². The van der Waals surface area contributed by atoms with Crippen molar-refractivity contribution < 1.29 is 4.79 Å². The summed E-state index contributed by atoms with van der Waals surface area (Å²) >= 11 is 5.84. The number of hydrogen-bond donors (Lipinski definition) is 2. The third-order valence-corrected chi connectivity index (χ3v) is 4.04. The average molecular weight is 310 g/mol. The van der Waals surface area contributed by atoms with E-state index in [4.69, 9.17) is 11.6 Å². The highest BCUT2D eigenvalue weighted by molar-refractivity contribution is 6.30. The number of nitrogens with zero attached hydrogens (tertiary/aromatic N) is 1. The van der Waals surface area contributed by atoms with Crippen LogP contribution in [0.3, 0.4) is 0 Å². The zero-order valence-corrected chi connectivity index (χ0v) is 13.3. The molecule has 2 N–H and O–H groups in total. The summed E-state index contributed by atoms with van der Waals surface area (Å²) in [6.07, 6.45) is 2.49. The maximum Gasteiger partial charge on any atom is 0.234 e. The Morgan fingerprint density at radius 1 is 1.43 bits per heavy atom. The molecule has 1 fully saturated rings. The van der Waals surface area contributed by atoms with Crippen LogP contribution in [-0.4, -0.2) is 44.0 Å². The standard InChI is InChI=1S/C16H24ClN3O/c1-20(11-14-3-2-8-18-9-14)12-16(21)19-10-13-4-6-15(17)7-5-13/h4-7,14,18H,2-3,8-12H2,1H3,(H,19,21). The maximum absolute atomic E-state index is 11.9. The quantitative estimate of drug-likeness (QED) is 0.843. The lowest BCUT2D eigenvalue weighted by Crippen LogP contribution is -2.41. The number of carbonyl (C=O) groups excluding carboxylic acids is 1. The molecule has 0 radical (unpaired) electrons. The van der Waals surface area contributed by atoms with Crippen LogP contribution in [0.25, 0.3) is 0 Å². The van der Waals surface area contributed by atoms with Gasteiger partial charge in [0.05, 0.1) is 6.54 Å². The summed E-state index contributed by atoms with van der Waals surface area (Å²) in [5.41, 5.74) is 1.06. The Labute approximate surface area is 131 Å². The molecular weight excluding hydrogens is 286 g/mol. The van der Waals surface area contributed by atoms with E-state index in [1.807, 2.05) is 31.3 Å². The number of likely N-dealkylation sites (N-methyl/N-ethyl adjacent to an activating group) is 1. The Kier molecular flexibility index (Phi) is 6.49. The van der Waals surface area contributed by atoms with Gasteiger partial charge in [0.25, 0.3) is 0 Å². The van der Waals surface area contributed by atoms with Crippen molar-refractivity contribution in [2.24, 2.45) is 5.92 Å². The second-order valence-corrected chi connectivity index (χ2v) is 6.25. The van der Waals surface area contributed by atoms with Crippen LogP contribution in [0, 0.1) is 5.92 Å². The molecule has 1 aromatic carbocycles. The second kappa shape index (κ2) is 8.37. The van der Waals surface area contributed by atoms with E-state index >= 15 is 0 Å². The summed E-state index contributed by atoms with van der Waals surface area (Å²) in [5, 5.41) is 7.07. The van der Waals surface area contributed by atoms with Gasteiger partial charge in [-0.15, -0.1) is 0 Å². The molecule has 116 valence electrons. The van der Waals surface area contributed by atoms with Crippen molar-refractivity contribution in [1.82, 2.24) is 15.5 Å². The van der Waals surface area contributed by atoms with Gasteiger partial charge < -0.3 is 10.6 Å². The molecule has 1 aliphatic rings. The molecule has 21 heavy (non-hydrogen) atoms. The van der Waals surface area contributed by atoms with Gasteiger partial charge in [-0.05, 0) is 56.6 Å². The number of piperidine rings is 1. The lowest BCUT2D eigenvalue weighted by atomic mass is 9.99. The van der Waals surface area contributed by atoms with E-state index in [1.54, 1.807) is 0 Å². The molecule has 0 spiro atoms. The SMILES string of the molecule is CN(CC(=O)NCc1ccc(Cl)cc1)CC1CCCNC1. The molecule has 0 aromatic heterocycles. The second-order valence-electron chi connectivity index (χ2n) is 5.81. The van der Waals surface area contributed by atoms with Crippen molar-refractivity contribution in [3.8, 4) is 0 Å². The van der Waals surface area contributed by atoms with Crippen LogP contribution in [-0.2, 0) is 11.3 Å². The Morgan fingerprint density at radius 2 is 2.19 bits per heavy atom. The maximum atomic E-state index is 11.9. The van der Waals surface area contributed by atoms with Crippen molar-refractivity contribution in [3.63, 3.8) is 0 Å². The molecule has 1 saturated heterocycles. The van der Waals surface area contributed by atoms with Gasteiger partial charge in [0, 0.05) is 18.1 Å². The van der Waals surface area contributed by atoms with Gasteiger partial charge in [0.1, 0.15) is 0 Å². The fourth-order valence-corrected chi connectivity index (χ4v) is 2.82. The Morgan fingerprint density at radius 3 is 2.86 bits per heavy atom. The molecule has 0 saturated carbocycles. The molecular formula is C16H24ClN3O. The largest absolute Gasteiger partial charge is 0.351 e. The van der Waals surface area contributed by atoms with Crippen molar-refractivity contribution in [2.75, 3.05) is 33.2 Å². The van der Waals surface area contributed by atoms with Crippen LogP contribution in [0.5, 0.6) is 0 Å². The normalized spacial score (nSPS) is 18.7. The lowest BCUT2D eigenvalue weighted by molar-refractivity contribution is -0.122. The minimum absolute atomic E-state index is 0.0659. The Hall–Kier alpha value is -1.10. The van der Waals surface area contributed by atoms with E-state index in [-0.39, 0.29) is 5.91 Å². The molecule has 1 atom stereocenters. The number of benzene rings is 1. The van der Waals surface area contributed by atoms with E-state index in [9.17, 15) is 4.79 Å². The van der Waals surface area contributed by atoms with Crippen LogP contribution < -0.4 is 10.6 Å². The molecule has 0 bridgehead atoms. The summed E-state index contributed by atoms with van der Waals surface area (Å²) in [5.74, 6) is 0.726. The van der Waals surface area contributed by atoms with Gasteiger partial charge in [0.15, 0.2) is 0 Å². The van der Waals surface area contributed by atoms with Crippen LogP contribution in [0.1, 0.15) is 18.4 Å². The summed E-state index contributed by atoms with van der Waals surface area (Å²) < 4.78 is 0. The summed E-state index contributed by atoms with van der Waals surface area (Å²) in [7, 11) is 2.01. The Bertz CT molecular complexity index is 443. The fraction of sp³-hybridized carbons (Fsp3) is 0.562. The number of carbonyl (C=O) groups is 1. The predicted octanol–water partition coefficient (Wildman–Crippen LogP) is 1.89. The first-order chi connectivity index (χ1) is 10.1. The zero-order valence-electron chi connectivity index (χ0n) is 12.6. The number of halogens is 1. The lowest BCUT2D eigenvalue weighted by Gasteiger charge is -2.27. The van der Waals surface area contributed by atoms with E-state index in [0.29, 0.717) is 24.0 Å². The van der Waals surface area contributed by atoms with Crippen LogP contribution >= 0.6 is 11.6 Å². The molecule has 2 rings (SSSR count). The highest BCUT2D eigenvalue weighted by Crippen LogP contribution is 2.11. The molecule has 4 nitrogen and oxygen atoms in total. The summed E-state index contributed by atoms with van der Waals surface area (Å²) in [4.78, 5) is 14.0. The first-order valence-electron chi connectivity index (χ1n) is 7.54. The molecule has 5 heteroatoms. The monoisotopic (exact) mass is 309 g/mol. The molecule has 1 heterocycles. The van der Waals surface area contributed by atoms with Crippen molar-refractivity contribution in [1.29, 1.82) is 0 Å². The number of rotatable bonds is 6. The molecule has 1 aliphatic heterocycles. The molecule has 1 amide bonds. The summed E-state index contributed by atoms with van der Waals surface area (Å²) in [6.45, 7) is 4.17. The van der Waals surface area contributed by atoms with Gasteiger partial charge in [0.2, 0.25) is 5.91 Å².